The van der Waals surface area contributed by atoms with Crippen molar-refractivity contribution >= 4 is 28.9 Å². The van der Waals surface area contributed by atoms with E-state index in [1.165, 1.54) is 11.8 Å². The number of amidine groups is 1. The minimum absolute atomic E-state index is 0.275. The monoisotopic (exact) mass is 368 g/mol. The number of aryl methyl sites for hydroxylation is 2. The van der Waals surface area contributed by atoms with Gasteiger partial charge in [-0.2, -0.15) is 4.99 Å². The number of hydrogen-bond donors (Lipinski definition) is 1. The maximum atomic E-state index is 11.7. The first-order valence-electron chi connectivity index (χ1n) is 8.23. The van der Waals surface area contributed by atoms with Crippen molar-refractivity contribution in [3.05, 3.63) is 64.1 Å². The third-order valence-electron chi connectivity index (χ3n) is 3.80. The Morgan fingerprint density at radius 2 is 1.77 bits per heavy atom. The average Bonchev–Trinajstić information content (AvgIpc) is 2.91. The van der Waals surface area contributed by atoms with Crippen LogP contribution in [0.25, 0.3) is 6.08 Å². The van der Waals surface area contributed by atoms with E-state index in [4.69, 9.17) is 15.2 Å². The number of thioether (sulfide) groups is 1. The largest absolute Gasteiger partial charge is 0.490 e. The fourth-order valence-electron chi connectivity index (χ4n) is 2.60. The van der Waals surface area contributed by atoms with E-state index in [0.29, 0.717) is 23.9 Å². The molecule has 0 atom stereocenters. The molecule has 134 valence electrons. The molecule has 0 spiro atoms. The van der Waals surface area contributed by atoms with Crippen molar-refractivity contribution in [3.63, 3.8) is 0 Å². The van der Waals surface area contributed by atoms with E-state index in [1.807, 2.05) is 56.3 Å². The smallest absolute Gasteiger partial charge is 0.286 e. The van der Waals surface area contributed by atoms with Crippen molar-refractivity contribution in [2.45, 2.75) is 13.8 Å². The van der Waals surface area contributed by atoms with Crippen molar-refractivity contribution < 1.29 is 14.3 Å². The number of nitrogens with two attached hydrogens (primary N) is 1. The van der Waals surface area contributed by atoms with Gasteiger partial charge in [-0.15, -0.1) is 0 Å². The van der Waals surface area contributed by atoms with Gasteiger partial charge in [0.1, 0.15) is 24.7 Å². The van der Waals surface area contributed by atoms with Gasteiger partial charge < -0.3 is 15.2 Å². The summed E-state index contributed by atoms with van der Waals surface area (Å²) in [5, 5.41) is 0.275. The van der Waals surface area contributed by atoms with Crippen LogP contribution in [0.2, 0.25) is 0 Å². The lowest BCUT2D eigenvalue weighted by molar-refractivity contribution is -0.113. The lowest BCUT2D eigenvalue weighted by Gasteiger charge is -2.12. The minimum Gasteiger partial charge on any atom is -0.490 e. The second kappa shape index (κ2) is 8.10. The molecule has 6 heteroatoms. The second-order valence-corrected chi connectivity index (χ2v) is 6.92. The fraction of sp³-hybridized carbons (Fsp3) is 0.200. The van der Waals surface area contributed by atoms with Gasteiger partial charge in [-0.3, -0.25) is 4.79 Å². The van der Waals surface area contributed by atoms with Crippen LogP contribution in [-0.2, 0) is 4.79 Å². The van der Waals surface area contributed by atoms with Crippen LogP contribution < -0.4 is 15.2 Å². The van der Waals surface area contributed by atoms with E-state index in [2.05, 4.69) is 4.99 Å². The third kappa shape index (κ3) is 4.46. The Morgan fingerprint density at radius 3 is 2.46 bits per heavy atom. The molecule has 0 saturated carbocycles. The topological polar surface area (TPSA) is 73.9 Å². The molecule has 0 unspecified atom stereocenters. The first kappa shape index (κ1) is 18.1. The Bertz CT molecular complexity index is 870. The molecule has 0 fully saturated rings. The summed E-state index contributed by atoms with van der Waals surface area (Å²) in [5.41, 5.74) is 8.64. The van der Waals surface area contributed by atoms with E-state index >= 15 is 0 Å². The zero-order valence-corrected chi connectivity index (χ0v) is 15.5. The molecule has 26 heavy (non-hydrogen) atoms. The number of carbonyl (C=O) groups is 1. The molecule has 3 rings (SSSR count). The van der Waals surface area contributed by atoms with E-state index < -0.39 is 0 Å². The molecule has 0 bridgehead atoms. The van der Waals surface area contributed by atoms with Crippen LogP contribution in [0.4, 0.5) is 0 Å². The quantitative estimate of drug-likeness (QED) is 0.622. The van der Waals surface area contributed by atoms with Gasteiger partial charge in [0.15, 0.2) is 5.17 Å². The average molecular weight is 368 g/mol. The van der Waals surface area contributed by atoms with Crippen LogP contribution in [0, 0.1) is 13.8 Å². The molecular weight excluding hydrogens is 348 g/mol. The SMILES string of the molecule is Cc1cccc(C)c1OCCOc1cccc(/C=C2/SC(N)=NC2=O)c1. The summed E-state index contributed by atoms with van der Waals surface area (Å²) in [6.45, 7) is 4.94. The van der Waals surface area contributed by atoms with Gasteiger partial charge >= 0.3 is 0 Å². The van der Waals surface area contributed by atoms with Gasteiger partial charge in [0.25, 0.3) is 5.91 Å². The highest BCUT2D eigenvalue weighted by molar-refractivity contribution is 8.18. The van der Waals surface area contributed by atoms with Crippen LogP contribution in [-0.4, -0.2) is 24.3 Å². The predicted molar refractivity (Wildman–Crippen MR) is 106 cm³/mol. The van der Waals surface area contributed by atoms with E-state index in [9.17, 15) is 4.79 Å². The number of hydrogen-bond acceptors (Lipinski definition) is 5. The normalized spacial score (nSPS) is 15.2. The highest BCUT2D eigenvalue weighted by atomic mass is 32.2. The third-order valence-corrected chi connectivity index (χ3v) is 4.61. The standard InChI is InChI=1S/C20H20N2O3S/c1-13-5-3-6-14(2)18(13)25-10-9-24-16-8-4-7-15(11-16)12-17-19(23)22-20(21)26-17/h3-8,11-12H,9-10H2,1-2H3,(H2,21,22,23)/b17-12+. The Morgan fingerprint density at radius 1 is 1.08 bits per heavy atom. The highest BCUT2D eigenvalue weighted by Crippen LogP contribution is 2.27. The van der Waals surface area contributed by atoms with Crippen molar-refractivity contribution in [1.29, 1.82) is 0 Å². The van der Waals surface area contributed by atoms with Crippen molar-refractivity contribution in [3.8, 4) is 11.5 Å². The number of benzene rings is 2. The van der Waals surface area contributed by atoms with Crippen molar-refractivity contribution in [1.82, 2.24) is 0 Å². The zero-order valence-electron chi connectivity index (χ0n) is 14.7. The molecular formula is C20H20N2O3S. The summed E-state index contributed by atoms with van der Waals surface area (Å²) >= 11 is 1.17. The second-order valence-electron chi connectivity index (χ2n) is 5.86. The molecule has 2 aromatic rings. The Balaban J connectivity index is 1.56. The van der Waals surface area contributed by atoms with Gasteiger partial charge in [0.05, 0.1) is 4.91 Å². The van der Waals surface area contributed by atoms with Crippen LogP contribution in [0.3, 0.4) is 0 Å². The van der Waals surface area contributed by atoms with Gasteiger partial charge in [0.2, 0.25) is 0 Å². The number of amides is 1. The number of nitrogens with zero attached hydrogens (tertiary/aromatic N) is 1. The Labute approximate surface area is 156 Å². The number of carbonyl (C=O) groups excluding carboxylic acids is 1. The van der Waals surface area contributed by atoms with Crippen LogP contribution in [0.15, 0.2) is 52.4 Å². The summed E-state index contributed by atoms with van der Waals surface area (Å²) in [7, 11) is 0. The molecule has 0 aliphatic carbocycles. The molecule has 0 saturated heterocycles. The molecule has 0 radical (unpaired) electrons. The predicted octanol–water partition coefficient (Wildman–Crippen LogP) is 3.69. The summed E-state index contributed by atoms with van der Waals surface area (Å²) in [6, 6.07) is 13.6. The van der Waals surface area contributed by atoms with Crippen LogP contribution in [0.1, 0.15) is 16.7 Å². The van der Waals surface area contributed by atoms with E-state index in [-0.39, 0.29) is 11.1 Å². The van der Waals surface area contributed by atoms with Crippen molar-refractivity contribution in [2.75, 3.05) is 13.2 Å². The number of para-hydroxylation sites is 1. The first-order valence-corrected chi connectivity index (χ1v) is 9.04. The van der Waals surface area contributed by atoms with Gasteiger partial charge in [-0.1, -0.05) is 30.3 Å². The number of ether oxygens (including phenoxy) is 2. The zero-order chi connectivity index (χ0) is 18.5. The van der Waals surface area contributed by atoms with Crippen LogP contribution >= 0.6 is 11.8 Å². The summed E-state index contributed by atoms with van der Waals surface area (Å²) in [5.74, 6) is 1.32. The number of rotatable bonds is 6. The maximum absolute atomic E-state index is 11.7. The minimum atomic E-state index is -0.305. The Hall–Kier alpha value is -2.73. The molecule has 1 aliphatic heterocycles. The van der Waals surface area contributed by atoms with Gasteiger partial charge in [-0.05, 0) is 60.5 Å². The van der Waals surface area contributed by atoms with Gasteiger partial charge in [-0.25, -0.2) is 0 Å². The lowest BCUT2D eigenvalue weighted by Crippen LogP contribution is -2.10. The lowest BCUT2D eigenvalue weighted by atomic mass is 10.1. The molecule has 2 aromatic carbocycles. The first-order chi connectivity index (χ1) is 12.5. The molecule has 1 aliphatic rings. The maximum Gasteiger partial charge on any atom is 0.286 e. The fourth-order valence-corrected chi connectivity index (χ4v) is 3.28. The Kier molecular flexibility index (Phi) is 5.63. The van der Waals surface area contributed by atoms with Gasteiger partial charge in [0, 0.05) is 0 Å². The molecule has 1 amide bonds. The summed E-state index contributed by atoms with van der Waals surface area (Å²) in [4.78, 5) is 15.9. The highest BCUT2D eigenvalue weighted by Gasteiger charge is 2.19. The van der Waals surface area contributed by atoms with E-state index in [1.54, 1.807) is 6.08 Å². The molecule has 5 nitrogen and oxygen atoms in total. The van der Waals surface area contributed by atoms with Crippen LogP contribution in [0.5, 0.6) is 11.5 Å². The number of aliphatic imine (C=N–C) groups is 1. The molecule has 2 N–H and O–H groups in total. The van der Waals surface area contributed by atoms with Crippen molar-refractivity contribution in [2.24, 2.45) is 10.7 Å². The molecule has 1 heterocycles. The molecule has 0 aromatic heterocycles. The van der Waals surface area contributed by atoms with E-state index in [0.717, 1.165) is 22.4 Å². The summed E-state index contributed by atoms with van der Waals surface area (Å²) in [6.07, 6.45) is 1.76. The summed E-state index contributed by atoms with van der Waals surface area (Å²) < 4.78 is 11.6.